The summed E-state index contributed by atoms with van der Waals surface area (Å²) in [6.07, 6.45) is 2.25. The fraction of sp³-hybridized carbons (Fsp3) is 0.333. The minimum atomic E-state index is -1.26. The van der Waals surface area contributed by atoms with E-state index >= 15 is 0 Å². The number of aliphatic carboxylic acids is 2. The fourth-order valence-electron chi connectivity index (χ4n) is 3.92. The molecule has 0 aliphatic carbocycles. The molecule has 1 atom stereocenters. The molecule has 2 aliphatic rings. The highest BCUT2D eigenvalue weighted by molar-refractivity contribution is 7.99. The van der Waals surface area contributed by atoms with Crippen LogP contribution in [-0.4, -0.2) is 64.7 Å². The van der Waals surface area contributed by atoms with Crippen molar-refractivity contribution in [2.75, 3.05) is 32.7 Å². The average molecular weight is 441 g/mol. The smallest absolute Gasteiger partial charge is 0.328 e. The Morgan fingerprint density at radius 3 is 2.13 bits per heavy atom. The van der Waals surface area contributed by atoms with E-state index in [1.54, 1.807) is 0 Å². The Morgan fingerprint density at radius 2 is 1.52 bits per heavy atom. The SMILES string of the molecule is CCN1CCN(C2Cc3ccccc3Sc3ccccc32)CC1.O=C(O)/C=C\C(=O)O. The predicted octanol–water partition coefficient (Wildman–Crippen LogP) is 3.78. The van der Waals surface area contributed by atoms with Gasteiger partial charge in [-0.1, -0.05) is 55.1 Å². The number of fused-ring (bicyclic) bond motifs is 2. The quantitative estimate of drug-likeness (QED) is 0.700. The average Bonchev–Trinajstić information content (AvgIpc) is 2.95. The van der Waals surface area contributed by atoms with E-state index in [0.29, 0.717) is 18.2 Å². The molecule has 0 bridgehead atoms. The van der Waals surface area contributed by atoms with Crippen LogP contribution >= 0.6 is 11.8 Å². The summed E-state index contributed by atoms with van der Waals surface area (Å²) in [6.45, 7) is 8.20. The first-order chi connectivity index (χ1) is 15.0. The fourth-order valence-corrected chi connectivity index (χ4v) is 5.05. The Hall–Kier alpha value is -2.61. The lowest BCUT2D eigenvalue weighted by molar-refractivity contribution is -0.134. The maximum atomic E-state index is 9.55. The molecule has 0 aromatic heterocycles. The van der Waals surface area contributed by atoms with Crippen molar-refractivity contribution in [2.45, 2.75) is 29.2 Å². The number of benzene rings is 2. The Bertz CT molecular complexity index is 923. The Balaban J connectivity index is 0.000000293. The van der Waals surface area contributed by atoms with Gasteiger partial charge in [-0.3, -0.25) is 4.90 Å². The summed E-state index contributed by atoms with van der Waals surface area (Å²) in [5.41, 5.74) is 3.01. The maximum absolute atomic E-state index is 9.55. The number of carboxylic acid groups (broad SMARTS) is 2. The van der Waals surface area contributed by atoms with Crippen LogP contribution in [0.4, 0.5) is 0 Å². The monoisotopic (exact) mass is 440 g/mol. The zero-order chi connectivity index (χ0) is 22.2. The maximum Gasteiger partial charge on any atom is 0.328 e. The van der Waals surface area contributed by atoms with Crippen LogP contribution in [0.3, 0.4) is 0 Å². The highest BCUT2D eigenvalue weighted by Gasteiger charge is 2.29. The van der Waals surface area contributed by atoms with Gasteiger partial charge < -0.3 is 15.1 Å². The van der Waals surface area contributed by atoms with Crippen molar-refractivity contribution in [3.05, 3.63) is 71.8 Å². The van der Waals surface area contributed by atoms with Crippen LogP contribution in [0.5, 0.6) is 0 Å². The van der Waals surface area contributed by atoms with Gasteiger partial charge in [0, 0.05) is 54.2 Å². The third kappa shape index (κ3) is 6.43. The second kappa shape index (κ2) is 11.1. The molecule has 2 heterocycles. The number of piperazine rings is 1. The highest BCUT2D eigenvalue weighted by Crippen LogP contribution is 2.42. The van der Waals surface area contributed by atoms with Crippen LogP contribution in [0.25, 0.3) is 0 Å². The molecular formula is C24H28N2O4S. The first-order valence-electron chi connectivity index (χ1n) is 10.4. The molecule has 7 heteroatoms. The van der Waals surface area contributed by atoms with Crippen molar-refractivity contribution in [3.63, 3.8) is 0 Å². The van der Waals surface area contributed by atoms with Crippen LogP contribution < -0.4 is 0 Å². The van der Waals surface area contributed by atoms with Gasteiger partial charge in [-0.05, 0) is 36.2 Å². The number of carboxylic acids is 2. The highest BCUT2D eigenvalue weighted by atomic mass is 32.2. The molecule has 2 aliphatic heterocycles. The van der Waals surface area contributed by atoms with Gasteiger partial charge in [-0.2, -0.15) is 0 Å². The molecule has 164 valence electrons. The van der Waals surface area contributed by atoms with Gasteiger partial charge in [0.05, 0.1) is 0 Å². The van der Waals surface area contributed by atoms with Gasteiger partial charge in [0.2, 0.25) is 0 Å². The molecule has 1 fully saturated rings. The lowest BCUT2D eigenvalue weighted by atomic mass is 9.96. The van der Waals surface area contributed by atoms with E-state index in [1.807, 2.05) is 11.8 Å². The number of likely N-dealkylation sites (N-methyl/N-ethyl adjacent to an activating group) is 1. The second-order valence-electron chi connectivity index (χ2n) is 7.45. The summed E-state index contributed by atoms with van der Waals surface area (Å²) < 4.78 is 0. The standard InChI is InChI=1S/C20H24N2S.C4H4O4/c1-2-21-11-13-22(14-12-21)18-15-16-7-3-5-9-19(16)23-20-10-6-4-8-17(18)20;5-3(6)1-2-4(7)8/h3-10,18H,2,11-15H2,1H3;1-2H,(H,5,6)(H,7,8)/b;2-1-. The van der Waals surface area contributed by atoms with Crippen LogP contribution in [0, 0.1) is 0 Å². The first-order valence-corrected chi connectivity index (χ1v) is 11.2. The zero-order valence-corrected chi connectivity index (χ0v) is 18.4. The Morgan fingerprint density at radius 1 is 0.935 bits per heavy atom. The molecule has 0 spiro atoms. The number of hydrogen-bond donors (Lipinski definition) is 2. The summed E-state index contributed by atoms with van der Waals surface area (Å²) >= 11 is 1.94. The van der Waals surface area contributed by atoms with Crippen molar-refractivity contribution in [1.82, 2.24) is 9.80 Å². The van der Waals surface area contributed by atoms with Crippen LogP contribution in [0.2, 0.25) is 0 Å². The third-order valence-electron chi connectivity index (χ3n) is 5.55. The van der Waals surface area contributed by atoms with Crippen LogP contribution in [0.1, 0.15) is 24.1 Å². The van der Waals surface area contributed by atoms with Crippen molar-refractivity contribution in [2.24, 2.45) is 0 Å². The van der Waals surface area contributed by atoms with E-state index in [1.165, 1.54) is 53.6 Å². The van der Waals surface area contributed by atoms with E-state index in [9.17, 15) is 9.59 Å². The molecular weight excluding hydrogens is 412 g/mol. The van der Waals surface area contributed by atoms with Gasteiger partial charge >= 0.3 is 11.9 Å². The molecule has 4 rings (SSSR count). The lowest BCUT2D eigenvalue weighted by Crippen LogP contribution is -2.47. The van der Waals surface area contributed by atoms with E-state index in [2.05, 4.69) is 65.3 Å². The summed E-state index contributed by atoms with van der Waals surface area (Å²) in [6, 6.07) is 18.4. The molecule has 31 heavy (non-hydrogen) atoms. The van der Waals surface area contributed by atoms with Gasteiger partial charge in [0.15, 0.2) is 0 Å². The molecule has 2 aromatic carbocycles. The predicted molar refractivity (Wildman–Crippen MR) is 122 cm³/mol. The summed E-state index contributed by atoms with van der Waals surface area (Å²) in [4.78, 5) is 27.2. The lowest BCUT2D eigenvalue weighted by Gasteiger charge is -2.39. The van der Waals surface area contributed by atoms with Gasteiger partial charge in [0.25, 0.3) is 0 Å². The minimum absolute atomic E-state index is 0.515. The number of hydrogen-bond acceptors (Lipinski definition) is 5. The van der Waals surface area contributed by atoms with Crippen molar-refractivity contribution in [3.8, 4) is 0 Å². The van der Waals surface area contributed by atoms with Crippen molar-refractivity contribution < 1.29 is 19.8 Å². The van der Waals surface area contributed by atoms with Crippen LogP contribution in [0.15, 0.2) is 70.5 Å². The number of nitrogens with zero attached hydrogens (tertiary/aromatic N) is 2. The second-order valence-corrected chi connectivity index (χ2v) is 8.53. The van der Waals surface area contributed by atoms with Gasteiger partial charge in [-0.15, -0.1) is 0 Å². The summed E-state index contributed by atoms with van der Waals surface area (Å²) in [5, 5.41) is 15.6. The van der Waals surface area contributed by atoms with E-state index < -0.39 is 11.9 Å². The summed E-state index contributed by atoms with van der Waals surface area (Å²) in [5.74, 6) is -2.51. The molecule has 1 unspecified atom stereocenters. The molecule has 0 radical (unpaired) electrons. The molecule has 1 saturated heterocycles. The topological polar surface area (TPSA) is 81.1 Å². The van der Waals surface area contributed by atoms with E-state index in [0.717, 1.165) is 6.42 Å². The first kappa shape index (κ1) is 23.1. The molecule has 0 saturated carbocycles. The van der Waals surface area contributed by atoms with Crippen molar-refractivity contribution >= 4 is 23.7 Å². The van der Waals surface area contributed by atoms with E-state index in [4.69, 9.17) is 10.2 Å². The number of rotatable bonds is 4. The number of carbonyl (C=O) groups is 2. The Kier molecular flexibility index (Phi) is 8.28. The van der Waals surface area contributed by atoms with Gasteiger partial charge in [0.1, 0.15) is 0 Å². The molecule has 2 aromatic rings. The van der Waals surface area contributed by atoms with Crippen LogP contribution in [-0.2, 0) is 16.0 Å². The third-order valence-corrected chi connectivity index (χ3v) is 6.76. The van der Waals surface area contributed by atoms with E-state index in [-0.39, 0.29) is 0 Å². The molecule has 6 nitrogen and oxygen atoms in total. The largest absolute Gasteiger partial charge is 0.478 e. The van der Waals surface area contributed by atoms with Crippen molar-refractivity contribution in [1.29, 1.82) is 0 Å². The molecule has 0 amide bonds. The Labute approximate surface area is 187 Å². The zero-order valence-electron chi connectivity index (χ0n) is 17.6. The van der Waals surface area contributed by atoms with Gasteiger partial charge in [-0.25, -0.2) is 9.59 Å². The minimum Gasteiger partial charge on any atom is -0.478 e. The summed E-state index contributed by atoms with van der Waals surface area (Å²) in [7, 11) is 0. The normalized spacial score (nSPS) is 18.9. The molecule has 2 N–H and O–H groups in total.